The third-order valence-electron chi connectivity index (χ3n) is 2.45. The molecule has 0 aromatic heterocycles. The summed E-state index contributed by atoms with van der Waals surface area (Å²) in [6, 6.07) is 0. The predicted molar refractivity (Wildman–Crippen MR) is 62.2 cm³/mol. The van der Waals surface area contributed by atoms with E-state index in [1.165, 1.54) is 0 Å². The molecule has 0 unspecified atom stereocenters. The van der Waals surface area contributed by atoms with Crippen molar-refractivity contribution in [1.82, 2.24) is 0 Å². The van der Waals surface area contributed by atoms with Crippen LogP contribution in [0.15, 0.2) is 0 Å². The summed E-state index contributed by atoms with van der Waals surface area (Å²) >= 11 is 0. The van der Waals surface area contributed by atoms with Gasteiger partial charge in [0.25, 0.3) is 0 Å². The van der Waals surface area contributed by atoms with E-state index in [1.807, 2.05) is 7.85 Å². The molecule has 0 saturated heterocycles. The van der Waals surface area contributed by atoms with Crippen molar-refractivity contribution >= 4 is 39.9 Å². The van der Waals surface area contributed by atoms with Crippen molar-refractivity contribution in [3.05, 3.63) is 5.56 Å². The average molecular weight is 170 g/mol. The van der Waals surface area contributed by atoms with Gasteiger partial charge < -0.3 is 10.2 Å². The van der Waals surface area contributed by atoms with Gasteiger partial charge in [0.05, 0.1) is 0 Å². The van der Waals surface area contributed by atoms with Crippen LogP contribution in [0, 0.1) is 12.3 Å². The van der Waals surface area contributed by atoms with Gasteiger partial charge in [0.1, 0.15) is 40.6 Å². The van der Waals surface area contributed by atoms with Crippen LogP contribution in [0.3, 0.4) is 0 Å². The molecule has 1 aromatic rings. The first-order valence-corrected chi connectivity index (χ1v) is 3.99. The first-order chi connectivity index (χ1) is 6.00. The quantitative estimate of drug-likeness (QED) is 0.306. The Kier molecular flexibility index (Phi) is 2.33. The summed E-state index contributed by atoms with van der Waals surface area (Å²) in [6.45, 7) is 0. The predicted octanol–water partition coefficient (Wildman–Crippen LogP) is -4.15. The second-order valence-electron chi connectivity index (χ2n) is 3.09. The molecule has 5 heteroatoms. The number of benzene rings is 1. The van der Waals surface area contributed by atoms with Crippen LogP contribution < -0.4 is 16.4 Å². The molecule has 0 saturated carbocycles. The molecule has 62 valence electrons. The minimum absolute atomic E-state index is 0.00287. The molecule has 13 heavy (non-hydrogen) atoms. The van der Waals surface area contributed by atoms with Crippen LogP contribution in [0.5, 0.6) is 11.5 Å². The molecular weight excluding hydrogens is 161 g/mol. The Labute approximate surface area is 80.2 Å². The molecule has 0 spiro atoms. The highest BCUT2D eigenvalue weighted by molar-refractivity contribution is 6.59. The highest BCUT2D eigenvalue weighted by atomic mass is 16.3. The van der Waals surface area contributed by atoms with E-state index in [2.05, 4.69) is 5.92 Å². The van der Waals surface area contributed by atoms with Crippen molar-refractivity contribution in [2.24, 2.45) is 0 Å². The molecular formula is C8H9B3O2. The Morgan fingerprint density at radius 2 is 1.31 bits per heavy atom. The lowest BCUT2D eigenvalue weighted by molar-refractivity contribution is 0.454. The standard InChI is InChI=1S/C8H9B3O2/c1-2-3-7(12)5(10)4(9)6(11)8(3)13/h1,12-13H,9-11H2. The summed E-state index contributed by atoms with van der Waals surface area (Å²) in [4.78, 5) is 0. The van der Waals surface area contributed by atoms with Gasteiger partial charge in [0.15, 0.2) is 0 Å². The Bertz CT molecular complexity index is 378. The molecule has 0 aliphatic heterocycles. The number of phenolic OH excluding ortho intramolecular Hbond substituents is 2. The van der Waals surface area contributed by atoms with Crippen LogP contribution in [0.4, 0.5) is 0 Å². The number of hydrogen-bond acceptors (Lipinski definition) is 2. The molecule has 0 aliphatic rings. The first kappa shape index (κ1) is 9.66. The molecule has 1 aromatic carbocycles. The second-order valence-corrected chi connectivity index (χ2v) is 3.09. The number of aromatic hydroxyl groups is 2. The van der Waals surface area contributed by atoms with Gasteiger partial charge >= 0.3 is 0 Å². The molecule has 0 aliphatic carbocycles. The summed E-state index contributed by atoms with van der Waals surface area (Å²) in [5, 5.41) is 19.2. The Morgan fingerprint density at radius 3 is 1.62 bits per heavy atom. The molecule has 2 N–H and O–H groups in total. The molecule has 1 rings (SSSR count). The maximum absolute atomic E-state index is 9.58. The lowest BCUT2D eigenvalue weighted by Crippen LogP contribution is -2.39. The Hall–Kier alpha value is -1.43. The van der Waals surface area contributed by atoms with Crippen LogP contribution in [-0.2, 0) is 0 Å². The highest BCUT2D eigenvalue weighted by Crippen LogP contribution is 2.19. The van der Waals surface area contributed by atoms with Gasteiger partial charge in [-0.1, -0.05) is 22.3 Å². The fraction of sp³-hybridized carbons (Fsp3) is 0. The highest BCUT2D eigenvalue weighted by Gasteiger charge is 2.13. The summed E-state index contributed by atoms with van der Waals surface area (Å²) < 4.78 is 0. The van der Waals surface area contributed by atoms with Gasteiger partial charge in [-0.05, 0) is 0 Å². The van der Waals surface area contributed by atoms with Crippen LogP contribution in [0.25, 0.3) is 0 Å². The Morgan fingerprint density at radius 1 is 0.923 bits per heavy atom. The van der Waals surface area contributed by atoms with Crippen LogP contribution >= 0.6 is 0 Å². The van der Waals surface area contributed by atoms with Crippen molar-refractivity contribution in [2.75, 3.05) is 0 Å². The lowest BCUT2D eigenvalue weighted by Gasteiger charge is -2.12. The zero-order valence-corrected chi connectivity index (χ0v) is 7.97. The van der Waals surface area contributed by atoms with E-state index in [4.69, 9.17) is 6.42 Å². The van der Waals surface area contributed by atoms with Gasteiger partial charge in [-0.15, -0.1) is 6.42 Å². The van der Waals surface area contributed by atoms with E-state index in [1.54, 1.807) is 15.7 Å². The molecule has 0 amide bonds. The van der Waals surface area contributed by atoms with Gasteiger partial charge in [0, 0.05) is 0 Å². The van der Waals surface area contributed by atoms with Gasteiger partial charge in [-0.25, -0.2) is 0 Å². The minimum atomic E-state index is 0.00287. The van der Waals surface area contributed by atoms with Crippen LogP contribution in [0.1, 0.15) is 5.56 Å². The fourth-order valence-electron chi connectivity index (χ4n) is 1.26. The largest absolute Gasteiger partial charge is 0.507 e. The van der Waals surface area contributed by atoms with Crippen molar-refractivity contribution in [3.63, 3.8) is 0 Å². The molecule has 0 atom stereocenters. The SMILES string of the molecule is Bc1c(B)c(O)c(C#C)c(O)c1B. The third kappa shape index (κ3) is 1.29. The first-order valence-electron chi connectivity index (χ1n) is 3.99. The molecule has 0 radical (unpaired) electrons. The lowest BCUT2D eigenvalue weighted by atomic mass is 9.70. The summed E-state index contributed by atoms with van der Waals surface area (Å²) in [5.41, 5.74) is 2.50. The van der Waals surface area contributed by atoms with Crippen molar-refractivity contribution in [2.45, 2.75) is 0 Å². The van der Waals surface area contributed by atoms with Crippen LogP contribution in [0.2, 0.25) is 0 Å². The maximum Gasteiger partial charge on any atom is 0.143 e. The van der Waals surface area contributed by atoms with E-state index >= 15 is 0 Å². The van der Waals surface area contributed by atoms with Crippen molar-refractivity contribution in [3.8, 4) is 23.8 Å². The molecule has 0 fully saturated rings. The number of phenols is 2. The summed E-state index contributed by atoms with van der Waals surface area (Å²) in [5.74, 6) is 2.28. The minimum Gasteiger partial charge on any atom is -0.507 e. The van der Waals surface area contributed by atoms with E-state index in [9.17, 15) is 10.2 Å². The number of rotatable bonds is 0. The smallest absolute Gasteiger partial charge is 0.143 e. The van der Waals surface area contributed by atoms with Crippen LogP contribution in [-0.4, -0.2) is 33.8 Å². The fourth-order valence-corrected chi connectivity index (χ4v) is 1.26. The number of hydrogen-bond donors (Lipinski definition) is 2. The number of terminal acetylenes is 1. The average Bonchev–Trinajstić information content (AvgIpc) is 2.13. The molecule has 0 bridgehead atoms. The van der Waals surface area contributed by atoms with Crippen molar-refractivity contribution in [1.29, 1.82) is 0 Å². The van der Waals surface area contributed by atoms with Gasteiger partial charge in [-0.2, -0.15) is 0 Å². The second kappa shape index (κ2) is 3.14. The van der Waals surface area contributed by atoms with Gasteiger partial charge in [-0.3, -0.25) is 0 Å². The normalized spacial score (nSPS) is 9.46. The van der Waals surface area contributed by atoms with Crippen molar-refractivity contribution < 1.29 is 10.2 Å². The molecule has 2 nitrogen and oxygen atoms in total. The van der Waals surface area contributed by atoms with Gasteiger partial charge in [0.2, 0.25) is 0 Å². The monoisotopic (exact) mass is 170 g/mol. The zero-order valence-electron chi connectivity index (χ0n) is 7.97. The zero-order chi connectivity index (χ0) is 10.2. The summed E-state index contributed by atoms with van der Waals surface area (Å²) in [7, 11) is 5.39. The topological polar surface area (TPSA) is 40.5 Å². The molecule has 0 heterocycles. The Balaban J connectivity index is 3.69. The van der Waals surface area contributed by atoms with E-state index in [-0.39, 0.29) is 17.1 Å². The van der Waals surface area contributed by atoms with E-state index < -0.39 is 0 Å². The summed E-state index contributed by atoms with van der Waals surface area (Å²) in [6.07, 6.45) is 5.17. The van der Waals surface area contributed by atoms with E-state index in [0.717, 1.165) is 16.4 Å². The van der Waals surface area contributed by atoms with E-state index in [0.29, 0.717) is 0 Å². The maximum atomic E-state index is 9.58. The third-order valence-corrected chi connectivity index (χ3v) is 2.45.